The Balaban J connectivity index is 1.88. The summed E-state index contributed by atoms with van der Waals surface area (Å²) in [6.45, 7) is 1.67. The zero-order valence-corrected chi connectivity index (χ0v) is 17.1. The Morgan fingerprint density at radius 3 is 2.79 bits per heavy atom. The van der Waals surface area contributed by atoms with Crippen LogP contribution in [-0.4, -0.2) is 56.2 Å². The van der Waals surface area contributed by atoms with Gasteiger partial charge in [-0.3, -0.25) is 9.79 Å². The second-order valence-corrected chi connectivity index (χ2v) is 8.17. The summed E-state index contributed by atoms with van der Waals surface area (Å²) in [4.78, 5) is 25.6. The van der Waals surface area contributed by atoms with E-state index in [1.54, 1.807) is 11.3 Å². The highest BCUT2D eigenvalue weighted by Gasteiger charge is 2.25. The summed E-state index contributed by atoms with van der Waals surface area (Å²) in [5.74, 6) is -0.407. The minimum absolute atomic E-state index is 0.407. The van der Waals surface area contributed by atoms with Crippen LogP contribution in [0.3, 0.4) is 0 Å². The first-order valence-corrected chi connectivity index (χ1v) is 10.1. The second kappa shape index (κ2) is 7.33. The number of fused-ring (bicyclic) bond motifs is 2. The molecule has 1 amide bonds. The lowest BCUT2D eigenvalue weighted by molar-refractivity contribution is 0.1000. The van der Waals surface area contributed by atoms with Crippen molar-refractivity contribution in [3.8, 4) is 11.1 Å². The summed E-state index contributed by atoms with van der Waals surface area (Å²) in [6, 6.07) is 8.32. The number of hydrogen-bond donors (Lipinski definition) is 1. The van der Waals surface area contributed by atoms with Gasteiger partial charge in [-0.25, -0.2) is 4.98 Å². The van der Waals surface area contributed by atoms with Crippen molar-refractivity contribution in [2.75, 3.05) is 39.1 Å². The Hall–Kier alpha value is -2.77. The number of aromatic nitrogens is 1. The van der Waals surface area contributed by atoms with E-state index in [4.69, 9.17) is 5.73 Å². The second-order valence-electron chi connectivity index (χ2n) is 7.29. The minimum Gasteiger partial charge on any atom is -0.373 e. The first kappa shape index (κ1) is 18.6. The Kier molecular flexibility index (Phi) is 4.87. The maximum Gasteiger partial charge on any atom is 0.251 e. The van der Waals surface area contributed by atoms with Crippen LogP contribution in [0.15, 0.2) is 34.8 Å². The first-order chi connectivity index (χ1) is 13.5. The molecule has 0 saturated carbocycles. The van der Waals surface area contributed by atoms with Crippen LogP contribution in [0.2, 0.25) is 0 Å². The quantitative estimate of drug-likeness (QED) is 0.697. The molecule has 4 rings (SSSR count). The number of carbonyl (C=O) groups excluding carboxylic acids is 1. The smallest absolute Gasteiger partial charge is 0.251 e. The number of aliphatic imine (C=N–C) groups is 1. The zero-order valence-electron chi connectivity index (χ0n) is 16.3. The van der Waals surface area contributed by atoms with E-state index in [0.29, 0.717) is 12.0 Å². The van der Waals surface area contributed by atoms with Crippen LogP contribution in [0.5, 0.6) is 0 Å². The number of carbonyl (C=O) groups is 1. The van der Waals surface area contributed by atoms with Gasteiger partial charge in [0.05, 0.1) is 32.7 Å². The van der Waals surface area contributed by atoms with E-state index < -0.39 is 5.91 Å². The number of thiazole rings is 1. The predicted molar refractivity (Wildman–Crippen MR) is 117 cm³/mol. The summed E-state index contributed by atoms with van der Waals surface area (Å²) in [6.07, 6.45) is 2.47. The summed E-state index contributed by atoms with van der Waals surface area (Å²) in [5, 5.41) is 0. The molecule has 6 nitrogen and oxygen atoms in total. The third-order valence-electron chi connectivity index (χ3n) is 5.08. The Labute approximate surface area is 168 Å². The van der Waals surface area contributed by atoms with Gasteiger partial charge in [0.2, 0.25) is 0 Å². The lowest BCUT2D eigenvalue weighted by atomic mass is 9.93. The van der Waals surface area contributed by atoms with Crippen LogP contribution in [0, 0.1) is 0 Å². The van der Waals surface area contributed by atoms with Crippen LogP contribution in [0.25, 0.3) is 21.3 Å². The number of likely N-dealkylation sites (N-methyl/N-ethyl adjacent to an activating group) is 2. The fourth-order valence-electron chi connectivity index (χ4n) is 3.58. The summed E-state index contributed by atoms with van der Waals surface area (Å²) < 4.78 is 1.15. The van der Waals surface area contributed by atoms with Crippen molar-refractivity contribution in [2.24, 2.45) is 10.7 Å². The molecular weight excluding hydrogens is 370 g/mol. The Morgan fingerprint density at radius 2 is 2.04 bits per heavy atom. The van der Waals surface area contributed by atoms with Crippen molar-refractivity contribution in [3.05, 3.63) is 40.9 Å². The van der Waals surface area contributed by atoms with Gasteiger partial charge in [0.1, 0.15) is 0 Å². The molecule has 0 bridgehead atoms. The van der Waals surface area contributed by atoms with Crippen molar-refractivity contribution in [1.82, 2.24) is 9.88 Å². The fraction of sp³-hybridized carbons (Fsp3) is 0.286. The normalized spacial score (nSPS) is 12.7. The third-order valence-corrected chi connectivity index (χ3v) is 5.89. The summed E-state index contributed by atoms with van der Waals surface area (Å²) in [5.41, 5.74) is 13.9. The van der Waals surface area contributed by atoms with Crippen LogP contribution in [0.4, 0.5) is 11.4 Å². The highest BCUT2D eigenvalue weighted by Crippen LogP contribution is 2.43. The number of nitrogens with two attached hydrogens (primary N) is 1. The first-order valence-electron chi connectivity index (χ1n) is 9.17. The van der Waals surface area contributed by atoms with Gasteiger partial charge < -0.3 is 15.5 Å². The van der Waals surface area contributed by atoms with Gasteiger partial charge in [-0.1, -0.05) is 6.07 Å². The lowest BCUT2D eigenvalue weighted by Crippen LogP contribution is -2.30. The number of amides is 1. The van der Waals surface area contributed by atoms with E-state index in [1.165, 1.54) is 0 Å². The van der Waals surface area contributed by atoms with E-state index in [2.05, 4.69) is 38.0 Å². The summed E-state index contributed by atoms with van der Waals surface area (Å²) >= 11 is 1.63. The zero-order chi connectivity index (χ0) is 19.8. The van der Waals surface area contributed by atoms with Crippen molar-refractivity contribution < 1.29 is 4.79 Å². The number of anilines is 1. The Morgan fingerprint density at radius 1 is 1.21 bits per heavy atom. The van der Waals surface area contributed by atoms with E-state index in [0.717, 1.165) is 51.4 Å². The van der Waals surface area contributed by atoms with E-state index in [9.17, 15) is 4.79 Å². The molecule has 1 aliphatic heterocycles. The van der Waals surface area contributed by atoms with Crippen molar-refractivity contribution in [3.63, 3.8) is 0 Å². The Bertz CT molecular complexity index is 1090. The molecule has 0 spiro atoms. The van der Waals surface area contributed by atoms with Crippen molar-refractivity contribution in [2.45, 2.75) is 6.42 Å². The van der Waals surface area contributed by atoms with E-state index >= 15 is 0 Å². The third kappa shape index (κ3) is 3.27. The molecule has 7 heteroatoms. The van der Waals surface area contributed by atoms with Crippen LogP contribution < -0.4 is 10.6 Å². The van der Waals surface area contributed by atoms with Crippen LogP contribution in [-0.2, 0) is 6.42 Å². The van der Waals surface area contributed by atoms with Gasteiger partial charge in [0.15, 0.2) is 0 Å². The van der Waals surface area contributed by atoms with Gasteiger partial charge in [0.25, 0.3) is 5.91 Å². The maximum atomic E-state index is 12.3. The van der Waals surface area contributed by atoms with Gasteiger partial charge >= 0.3 is 0 Å². The average molecular weight is 394 g/mol. The SMILES string of the molecule is CN(C)CCN(C)c1cc(-c2ccc3scnc3c2)c2c(c1C(N)=O)CC=N2. The molecule has 0 fully saturated rings. The monoisotopic (exact) mass is 393 g/mol. The average Bonchev–Trinajstić information content (AvgIpc) is 3.32. The molecule has 0 atom stereocenters. The largest absolute Gasteiger partial charge is 0.373 e. The number of primary amides is 1. The number of nitrogens with zero attached hydrogens (tertiary/aromatic N) is 4. The van der Waals surface area contributed by atoms with Crippen LogP contribution in [0.1, 0.15) is 15.9 Å². The van der Waals surface area contributed by atoms with Gasteiger partial charge in [0, 0.05) is 38.3 Å². The highest BCUT2D eigenvalue weighted by molar-refractivity contribution is 7.16. The highest BCUT2D eigenvalue weighted by atomic mass is 32.1. The molecule has 1 aliphatic rings. The minimum atomic E-state index is -0.407. The fourth-order valence-corrected chi connectivity index (χ4v) is 4.24. The van der Waals surface area contributed by atoms with Crippen LogP contribution >= 0.6 is 11.3 Å². The van der Waals surface area contributed by atoms with Gasteiger partial charge in [-0.05, 0) is 43.4 Å². The molecule has 2 N–H and O–H groups in total. The van der Waals surface area contributed by atoms with E-state index in [-0.39, 0.29) is 0 Å². The van der Waals surface area contributed by atoms with Crippen molar-refractivity contribution in [1.29, 1.82) is 0 Å². The topological polar surface area (TPSA) is 74.8 Å². The molecule has 2 aromatic carbocycles. The molecular formula is C21H23N5OS. The number of rotatable bonds is 6. The van der Waals surface area contributed by atoms with Gasteiger partial charge in [-0.15, -0.1) is 11.3 Å². The molecule has 144 valence electrons. The molecule has 0 aliphatic carbocycles. The molecule has 0 saturated heterocycles. The van der Waals surface area contributed by atoms with Crippen molar-refractivity contribution >= 4 is 45.0 Å². The molecule has 0 radical (unpaired) electrons. The maximum absolute atomic E-state index is 12.3. The molecule has 28 heavy (non-hydrogen) atoms. The molecule has 3 aromatic rings. The van der Waals surface area contributed by atoms with Gasteiger partial charge in [-0.2, -0.15) is 0 Å². The molecule has 2 heterocycles. The molecule has 1 aromatic heterocycles. The lowest BCUT2D eigenvalue weighted by Gasteiger charge is -2.26. The van der Waals surface area contributed by atoms with E-state index in [1.807, 2.05) is 38.9 Å². The number of hydrogen-bond acceptors (Lipinski definition) is 6. The summed E-state index contributed by atoms with van der Waals surface area (Å²) in [7, 11) is 6.07. The predicted octanol–water partition coefficient (Wildman–Crippen LogP) is 3.32. The molecule has 0 unspecified atom stereocenters. The number of benzene rings is 2. The standard InChI is InChI=1S/C21H23N5OS/c1-25(2)8-9-26(3)17-11-15(13-4-5-18-16(10-13)24-12-28-18)20-14(6-7-23-20)19(17)21(22)27/h4-5,7,10-12H,6,8-9H2,1-3H3,(H2,22,27).